The van der Waals surface area contributed by atoms with Crippen LogP contribution in [0.5, 0.6) is 11.5 Å². The second-order valence-electron chi connectivity index (χ2n) is 6.80. The molecule has 4 N–H and O–H groups in total. The lowest BCUT2D eigenvalue weighted by atomic mass is 10.1. The van der Waals surface area contributed by atoms with E-state index in [4.69, 9.17) is 9.47 Å². The second-order valence-corrected chi connectivity index (χ2v) is 6.80. The Balaban J connectivity index is 1.87. The first-order valence-corrected chi connectivity index (χ1v) is 9.67. The zero-order valence-electron chi connectivity index (χ0n) is 17.7. The van der Waals surface area contributed by atoms with Crippen molar-refractivity contribution in [1.82, 2.24) is 5.32 Å². The van der Waals surface area contributed by atoms with Crippen LogP contribution in [0.25, 0.3) is 0 Å². The molecule has 0 saturated carbocycles. The van der Waals surface area contributed by atoms with Gasteiger partial charge >= 0.3 is 5.97 Å². The molecule has 1 atom stereocenters. The van der Waals surface area contributed by atoms with Crippen LogP contribution in [0.15, 0.2) is 42.5 Å². The third-order valence-corrected chi connectivity index (χ3v) is 4.43. The summed E-state index contributed by atoms with van der Waals surface area (Å²) in [4.78, 5) is 34.8. The Morgan fingerprint density at radius 2 is 1.55 bits per heavy atom. The third-order valence-electron chi connectivity index (χ3n) is 4.43. The van der Waals surface area contributed by atoms with E-state index in [0.717, 1.165) is 5.56 Å². The number of ether oxygens (including phenoxy) is 2. The Hall–Kier alpha value is -3.59. The van der Waals surface area contributed by atoms with E-state index in [-0.39, 0.29) is 12.3 Å². The molecule has 0 saturated heterocycles. The molecule has 0 aliphatic heterocycles. The van der Waals surface area contributed by atoms with Crippen LogP contribution in [0.4, 0.5) is 11.4 Å². The average Bonchev–Trinajstić information content (AvgIpc) is 2.73. The maximum absolute atomic E-state index is 12.3. The number of hydrogen-bond acceptors (Lipinski definition) is 6. The van der Waals surface area contributed by atoms with Gasteiger partial charge in [-0.1, -0.05) is 6.07 Å². The summed E-state index contributed by atoms with van der Waals surface area (Å²) >= 11 is 0. The van der Waals surface area contributed by atoms with E-state index in [9.17, 15) is 19.5 Å². The maximum atomic E-state index is 12.3. The van der Waals surface area contributed by atoms with E-state index in [1.807, 2.05) is 12.1 Å². The number of carbonyl (C=O) groups excluding carboxylic acids is 2. The fourth-order valence-corrected chi connectivity index (χ4v) is 2.91. The van der Waals surface area contributed by atoms with Crippen molar-refractivity contribution in [3.63, 3.8) is 0 Å². The smallest absolute Gasteiger partial charge is 0.321 e. The number of amides is 2. The van der Waals surface area contributed by atoms with Gasteiger partial charge in [0, 0.05) is 18.3 Å². The van der Waals surface area contributed by atoms with Crippen molar-refractivity contribution in [2.24, 2.45) is 0 Å². The molecule has 2 rings (SSSR count). The largest absolute Gasteiger partial charge is 0.493 e. The highest BCUT2D eigenvalue weighted by Crippen LogP contribution is 2.27. The zero-order chi connectivity index (χ0) is 22.8. The van der Waals surface area contributed by atoms with Crippen LogP contribution < -0.4 is 25.4 Å². The first-order chi connectivity index (χ1) is 14.8. The lowest BCUT2D eigenvalue weighted by Crippen LogP contribution is -2.40. The molecule has 0 bridgehead atoms. The monoisotopic (exact) mass is 429 g/mol. The Bertz CT molecular complexity index is 914. The highest BCUT2D eigenvalue weighted by Gasteiger charge is 2.20. The van der Waals surface area contributed by atoms with Crippen molar-refractivity contribution < 1.29 is 29.0 Å². The molecule has 0 aliphatic rings. The second kappa shape index (κ2) is 11.6. The van der Waals surface area contributed by atoms with Crippen LogP contribution in [0.3, 0.4) is 0 Å². The van der Waals surface area contributed by atoms with Gasteiger partial charge in [-0.05, 0) is 54.9 Å². The van der Waals surface area contributed by atoms with Crippen molar-refractivity contribution >= 4 is 29.2 Å². The van der Waals surface area contributed by atoms with E-state index in [2.05, 4.69) is 16.0 Å². The molecule has 0 fully saturated rings. The van der Waals surface area contributed by atoms with Gasteiger partial charge in [0.1, 0.15) is 6.04 Å². The molecule has 9 heteroatoms. The number of carboxylic acid groups (broad SMARTS) is 1. The fourth-order valence-electron chi connectivity index (χ4n) is 2.91. The number of carboxylic acids is 1. The standard InChI is InChI=1S/C22H27N3O6/c1-14(26)24-16-5-7-17(8-6-16)25-21(27)13-18(22(28)29)23-11-10-15-4-9-19(30-2)20(12-15)31-3/h4-9,12,18,23H,10-11,13H2,1-3H3,(H,24,26)(H,25,27)(H,28,29)/t18-/m1/s1. The zero-order valence-corrected chi connectivity index (χ0v) is 17.7. The number of rotatable bonds is 11. The summed E-state index contributed by atoms with van der Waals surface area (Å²) in [5, 5.41) is 17.6. The van der Waals surface area contributed by atoms with Gasteiger partial charge in [-0.15, -0.1) is 0 Å². The highest BCUT2D eigenvalue weighted by molar-refractivity contribution is 5.94. The average molecular weight is 429 g/mol. The Labute approximate surface area is 180 Å². The topological polar surface area (TPSA) is 126 Å². The molecule has 31 heavy (non-hydrogen) atoms. The molecule has 0 spiro atoms. The van der Waals surface area contributed by atoms with Gasteiger partial charge in [0.05, 0.1) is 20.6 Å². The lowest BCUT2D eigenvalue weighted by Gasteiger charge is -2.15. The highest BCUT2D eigenvalue weighted by atomic mass is 16.5. The quantitative estimate of drug-likeness (QED) is 0.432. The third kappa shape index (κ3) is 7.63. The van der Waals surface area contributed by atoms with Crippen LogP contribution in [0.2, 0.25) is 0 Å². The number of aliphatic carboxylic acids is 1. The van der Waals surface area contributed by atoms with Crippen molar-refractivity contribution in [1.29, 1.82) is 0 Å². The number of carbonyl (C=O) groups is 3. The minimum absolute atomic E-state index is 0.194. The number of benzene rings is 2. The molecule has 0 aliphatic carbocycles. The van der Waals surface area contributed by atoms with Crippen LogP contribution in [-0.2, 0) is 20.8 Å². The van der Waals surface area contributed by atoms with Gasteiger partial charge in [-0.2, -0.15) is 0 Å². The normalized spacial score (nSPS) is 11.3. The molecule has 0 aromatic heterocycles. The van der Waals surface area contributed by atoms with Gasteiger partial charge in [0.25, 0.3) is 0 Å². The van der Waals surface area contributed by atoms with Crippen LogP contribution >= 0.6 is 0 Å². The fraction of sp³-hybridized carbons (Fsp3) is 0.318. The SMILES string of the molecule is COc1ccc(CCN[C@H](CC(=O)Nc2ccc(NC(C)=O)cc2)C(=O)O)cc1OC. The summed E-state index contributed by atoms with van der Waals surface area (Å²) < 4.78 is 10.5. The van der Waals surface area contributed by atoms with Crippen molar-refractivity contribution in [2.45, 2.75) is 25.8 Å². The molecule has 0 unspecified atom stereocenters. The number of hydrogen-bond donors (Lipinski definition) is 4. The maximum Gasteiger partial charge on any atom is 0.321 e. The molecule has 0 radical (unpaired) electrons. The molecule has 2 aromatic carbocycles. The Morgan fingerprint density at radius 1 is 0.935 bits per heavy atom. The van der Waals surface area contributed by atoms with E-state index in [0.29, 0.717) is 35.8 Å². The first-order valence-electron chi connectivity index (χ1n) is 9.67. The number of nitrogens with one attached hydrogen (secondary N) is 3. The van der Waals surface area contributed by atoms with Gasteiger partial charge in [0.15, 0.2) is 11.5 Å². The van der Waals surface area contributed by atoms with Gasteiger partial charge < -0.3 is 30.5 Å². The Kier molecular flexibility index (Phi) is 8.83. The van der Waals surface area contributed by atoms with Gasteiger partial charge in [0.2, 0.25) is 11.8 Å². The summed E-state index contributed by atoms with van der Waals surface area (Å²) in [6, 6.07) is 11.0. The lowest BCUT2D eigenvalue weighted by molar-refractivity contribution is -0.141. The van der Waals surface area contributed by atoms with Gasteiger partial charge in [-0.25, -0.2) is 0 Å². The summed E-state index contributed by atoms with van der Waals surface area (Å²) in [6.07, 6.45) is 0.324. The van der Waals surface area contributed by atoms with Crippen molar-refractivity contribution in [3.05, 3.63) is 48.0 Å². The van der Waals surface area contributed by atoms with E-state index >= 15 is 0 Å². The van der Waals surface area contributed by atoms with E-state index < -0.39 is 17.9 Å². The van der Waals surface area contributed by atoms with Gasteiger partial charge in [-0.3, -0.25) is 14.4 Å². The minimum Gasteiger partial charge on any atom is -0.493 e. The summed E-state index contributed by atoms with van der Waals surface area (Å²) in [5.74, 6) is -0.523. The van der Waals surface area contributed by atoms with E-state index in [1.54, 1.807) is 44.6 Å². The summed E-state index contributed by atoms with van der Waals surface area (Å²) in [6.45, 7) is 1.77. The van der Waals surface area contributed by atoms with Crippen LogP contribution in [0.1, 0.15) is 18.9 Å². The number of methoxy groups -OCH3 is 2. The predicted octanol–water partition coefficient (Wildman–Crippen LogP) is 2.28. The minimum atomic E-state index is -1.11. The molecule has 9 nitrogen and oxygen atoms in total. The number of anilines is 2. The molecule has 0 heterocycles. The molecule has 2 aromatic rings. The predicted molar refractivity (Wildman–Crippen MR) is 117 cm³/mol. The summed E-state index contributed by atoms with van der Waals surface area (Å²) in [7, 11) is 3.10. The first kappa shape index (κ1) is 23.7. The van der Waals surface area contributed by atoms with Crippen LogP contribution in [0, 0.1) is 0 Å². The molecular weight excluding hydrogens is 402 g/mol. The molecule has 166 valence electrons. The molecular formula is C22H27N3O6. The summed E-state index contributed by atoms with van der Waals surface area (Å²) in [5.41, 5.74) is 2.05. The van der Waals surface area contributed by atoms with Crippen LogP contribution in [-0.4, -0.2) is 49.7 Å². The van der Waals surface area contributed by atoms with Crippen molar-refractivity contribution in [3.8, 4) is 11.5 Å². The Morgan fingerprint density at radius 3 is 2.10 bits per heavy atom. The van der Waals surface area contributed by atoms with E-state index in [1.165, 1.54) is 6.92 Å². The molecule has 2 amide bonds. The van der Waals surface area contributed by atoms with Crippen molar-refractivity contribution in [2.75, 3.05) is 31.4 Å².